The van der Waals surface area contributed by atoms with E-state index in [1.807, 2.05) is 61.5 Å². The zero-order valence-electron chi connectivity index (χ0n) is 18.6. The number of anilines is 1. The number of benzene rings is 3. The van der Waals surface area contributed by atoms with Crippen molar-refractivity contribution in [2.75, 3.05) is 26.1 Å². The number of amides is 1. The number of methoxy groups -OCH3 is 2. The molecule has 0 aliphatic rings. The molecule has 1 N–H and O–H groups in total. The van der Waals surface area contributed by atoms with E-state index < -0.39 is 5.91 Å². The first kappa shape index (κ1) is 21.9. The van der Waals surface area contributed by atoms with E-state index in [2.05, 4.69) is 15.4 Å². The molecule has 8 nitrogen and oxygen atoms in total. The summed E-state index contributed by atoms with van der Waals surface area (Å²) in [5.41, 5.74) is 2.04. The van der Waals surface area contributed by atoms with Crippen molar-refractivity contribution in [2.24, 2.45) is 0 Å². The molecule has 0 spiro atoms. The van der Waals surface area contributed by atoms with E-state index in [0.717, 1.165) is 17.0 Å². The third-order valence-corrected chi connectivity index (χ3v) is 4.89. The van der Waals surface area contributed by atoms with Crippen LogP contribution in [0.5, 0.6) is 17.2 Å². The van der Waals surface area contributed by atoms with Gasteiger partial charge in [-0.3, -0.25) is 4.79 Å². The van der Waals surface area contributed by atoms with Crippen LogP contribution in [0.4, 0.5) is 5.69 Å². The van der Waals surface area contributed by atoms with Gasteiger partial charge in [-0.25, -0.2) is 9.67 Å². The molecule has 0 saturated heterocycles. The average molecular weight is 444 g/mol. The van der Waals surface area contributed by atoms with Crippen LogP contribution < -0.4 is 19.5 Å². The van der Waals surface area contributed by atoms with Crippen molar-refractivity contribution in [1.29, 1.82) is 0 Å². The number of hydrogen-bond acceptors (Lipinski definition) is 6. The Balaban J connectivity index is 1.72. The number of carbonyl (C=O) groups excluding carboxylic acids is 1. The molecule has 0 aliphatic heterocycles. The van der Waals surface area contributed by atoms with Crippen molar-refractivity contribution in [3.63, 3.8) is 0 Å². The van der Waals surface area contributed by atoms with E-state index >= 15 is 0 Å². The van der Waals surface area contributed by atoms with Crippen LogP contribution in [0.2, 0.25) is 0 Å². The molecule has 4 rings (SSSR count). The Morgan fingerprint density at radius 2 is 1.67 bits per heavy atom. The van der Waals surface area contributed by atoms with Gasteiger partial charge < -0.3 is 19.5 Å². The highest BCUT2D eigenvalue weighted by Crippen LogP contribution is 2.29. The molecule has 168 valence electrons. The summed E-state index contributed by atoms with van der Waals surface area (Å²) in [4.78, 5) is 17.6. The first-order valence-electron chi connectivity index (χ1n) is 10.4. The maximum atomic E-state index is 13.1. The van der Waals surface area contributed by atoms with Gasteiger partial charge in [0.15, 0.2) is 5.82 Å². The summed E-state index contributed by atoms with van der Waals surface area (Å²) in [6.45, 7) is 2.51. The van der Waals surface area contributed by atoms with Crippen LogP contribution in [0.1, 0.15) is 17.5 Å². The summed E-state index contributed by atoms with van der Waals surface area (Å²) in [6, 6.07) is 22.2. The van der Waals surface area contributed by atoms with E-state index in [1.54, 1.807) is 30.0 Å². The van der Waals surface area contributed by atoms with Crippen molar-refractivity contribution in [1.82, 2.24) is 14.8 Å². The summed E-state index contributed by atoms with van der Waals surface area (Å²) in [5.74, 6) is 1.94. The van der Waals surface area contributed by atoms with Gasteiger partial charge in [-0.1, -0.05) is 30.3 Å². The monoisotopic (exact) mass is 444 g/mol. The lowest BCUT2D eigenvalue weighted by atomic mass is 10.2. The Kier molecular flexibility index (Phi) is 6.54. The molecule has 1 heterocycles. The van der Waals surface area contributed by atoms with Gasteiger partial charge in [0.25, 0.3) is 5.91 Å². The SMILES string of the molecule is CCOc1ccc(-n2nc(C(=O)Nc3cc(OC)ccc3OC)nc2-c2ccccc2)cc1. The first-order valence-corrected chi connectivity index (χ1v) is 10.4. The molecule has 0 atom stereocenters. The Hall–Kier alpha value is -4.33. The zero-order chi connectivity index (χ0) is 23.2. The fourth-order valence-corrected chi connectivity index (χ4v) is 3.30. The van der Waals surface area contributed by atoms with Gasteiger partial charge in [-0.05, 0) is 43.3 Å². The van der Waals surface area contributed by atoms with Gasteiger partial charge in [0, 0.05) is 11.6 Å². The Labute approximate surface area is 191 Å². The zero-order valence-corrected chi connectivity index (χ0v) is 18.6. The summed E-state index contributed by atoms with van der Waals surface area (Å²) in [7, 11) is 3.09. The summed E-state index contributed by atoms with van der Waals surface area (Å²) in [6.07, 6.45) is 0. The minimum absolute atomic E-state index is 0.0209. The molecule has 8 heteroatoms. The molecule has 0 fully saturated rings. The van der Waals surface area contributed by atoms with Gasteiger partial charge in [0.1, 0.15) is 17.2 Å². The Morgan fingerprint density at radius 3 is 2.33 bits per heavy atom. The smallest absolute Gasteiger partial charge is 0.295 e. The Bertz CT molecular complexity index is 1240. The largest absolute Gasteiger partial charge is 0.497 e. The molecule has 0 saturated carbocycles. The molecule has 3 aromatic carbocycles. The number of hydrogen-bond donors (Lipinski definition) is 1. The molecular formula is C25H24N4O4. The normalized spacial score (nSPS) is 10.5. The molecule has 4 aromatic rings. The molecule has 0 unspecified atom stereocenters. The molecule has 0 aliphatic carbocycles. The number of nitrogens with zero attached hydrogens (tertiary/aromatic N) is 3. The van der Waals surface area contributed by atoms with Crippen LogP contribution in [0, 0.1) is 0 Å². The topological polar surface area (TPSA) is 87.5 Å². The minimum Gasteiger partial charge on any atom is -0.497 e. The fourth-order valence-electron chi connectivity index (χ4n) is 3.30. The van der Waals surface area contributed by atoms with Crippen LogP contribution >= 0.6 is 0 Å². The highest BCUT2D eigenvalue weighted by Gasteiger charge is 2.20. The van der Waals surface area contributed by atoms with Crippen molar-refractivity contribution in [3.05, 3.63) is 78.6 Å². The van der Waals surface area contributed by atoms with Gasteiger partial charge in [-0.2, -0.15) is 0 Å². The number of carbonyl (C=O) groups is 1. The number of nitrogens with one attached hydrogen (secondary N) is 1. The molecule has 1 amide bonds. The average Bonchev–Trinajstić information content (AvgIpc) is 3.31. The van der Waals surface area contributed by atoms with E-state index in [0.29, 0.717) is 29.6 Å². The number of rotatable bonds is 8. The summed E-state index contributed by atoms with van der Waals surface area (Å²) < 4.78 is 17.8. The fraction of sp³-hybridized carbons (Fsp3) is 0.160. The van der Waals surface area contributed by atoms with E-state index in [1.165, 1.54) is 7.11 Å². The van der Waals surface area contributed by atoms with Gasteiger partial charge in [0.05, 0.1) is 32.2 Å². The third kappa shape index (κ3) is 4.79. The Morgan fingerprint density at radius 1 is 0.939 bits per heavy atom. The first-order chi connectivity index (χ1) is 16.1. The van der Waals surface area contributed by atoms with Crippen molar-refractivity contribution >= 4 is 11.6 Å². The lowest BCUT2D eigenvalue weighted by Gasteiger charge is -2.10. The predicted molar refractivity (Wildman–Crippen MR) is 125 cm³/mol. The molecule has 1 aromatic heterocycles. The van der Waals surface area contributed by atoms with Crippen molar-refractivity contribution in [3.8, 4) is 34.3 Å². The van der Waals surface area contributed by atoms with E-state index in [9.17, 15) is 4.79 Å². The standard InChI is InChI=1S/C25H24N4O4/c1-4-33-19-12-10-18(11-13-19)29-24(17-8-6-5-7-9-17)27-23(28-29)25(30)26-21-16-20(31-2)14-15-22(21)32-3/h5-16H,4H2,1-3H3,(H,26,30). The van der Waals surface area contributed by atoms with Crippen LogP contribution in [0.3, 0.4) is 0 Å². The maximum absolute atomic E-state index is 13.1. The lowest BCUT2D eigenvalue weighted by molar-refractivity contribution is 0.101. The quantitative estimate of drug-likeness (QED) is 0.427. The van der Waals surface area contributed by atoms with Gasteiger partial charge in [-0.15, -0.1) is 5.10 Å². The van der Waals surface area contributed by atoms with Crippen molar-refractivity contribution < 1.29 is 19.0 Å². The number of ether oxygens (including phenoxy) is 3. The number of aromatic nitrogens is 3. The molecule has 0 radical (unpaired) electrons. The second-order valence-corrected chi connectivity index (χ2v) is 6.98. The maximum Gasteiger partial charge on any atom is 0.295 e. The summed E-state index contributed by atoms with van der Waals surface area (Å²) >= 11 is 0. The highest BCUT2D eigenvalue weighted by atomic mass is 16.5. The molecule has 0 bridgehead atoms. The van der Waals surface area contributed by atoms with Crippen LogP contribution in [-0.4, -0.2) is 41.5 Å². The second-order valence-electron chi connectivity index (χ2n) is 6.98. The minimum atomic E-state index is -0.469. The lowest BCUT2D eigenvalue weighted by Crippen LogP contribution is -2.15. The van der Waals surface area contributed by atoms with Crippen LogP contribution in [-0.2, 0) is 0 Å². The predicted octanol–water partition coefficient (Wildman–Crippen LogP) is 4.60. The van der Waals surface area contributed by atoms with Crippen LogP contribution in [0.25, 0.3) is 17.1 Å². The van der Waals surface area contributed by atoms with E-state index in [4.69, 9.17) is 14.2 Å². The highest BCUT2D eigenvalue weighted by molar-refractivity contribution is 6.02. The van der Waals surface area contributed by atoms with Gasteiger partial charge >= 0.3 is 0 Å². The van der Waals surface area contributed by atoms with E-state index in [-0.39, 0.29) is 5.82 Å². The second kappa shape index (κ2) is 9.86. The molecule has 33 heavy (non-hydrogen) atoms. The van der Waals surface area contributed by atoms with Crippen molar-refractivity contribution in [2.45, 2.75) is 6.92 Å². The molecular weight excluding hydrogens is 420 g/mol. The summed E-state index contributed by atoms with van der Waals surface area (Å²) in [5, 5.41) is 7.33. The van der Waals surface area contributed by atoms with Gasteiger partial charge in [0.2, 0.25) is 5.82 Å². The third-order valence-electron chi connectivity index (χ3n) is 4.89. The van der Waals surface area contributed by atoms with Crippen LogP contribution in [0.15, 0.2) is 72.8 Å².